The molecule has 0 aliphatic rings. The van der Waals surface area contributed by atoms with Crippen molar-refractivity contribution in [1.82, 2.24) is 20.2 Å². The van der Waals surface area contributed by atoms with Gasteiger partial charge in [-0.05, 0) is 22.6 Å². The highest BCUT2D eigenvalue weighted by Crippen LogP contribution is 2.32. The molecule has 0 aliphatic carbocycles. The summed E-state index contributed by atoms with van der Waals surface area (Å²) in [5.74, 6) is -1.000. The number of aromatic nitrogens is 4. The van der Waals surface area contributed by atoms with Crippen molar-refractivity contribution in [3.8, 4) is 0 Å². The maximum atomic E-state index is 12.9. The molecule has 22 heavy (non-hydrogen) atoms. The van der Waals surface area contributed by atoms with E-state index in [-0.39, 0.29) is 19.1 Å². The third-order valence-electron chi connectivity index (χ3n) is 2.74. The summed E-state index contributed by atoms with van der Waals surface area (Å²) in [6.45, 7) is 0.535. The van der Waals surface area contributed by atoms with Gasteiger partial charge < -0.3 is 4.74 Å². The van der Waals surface area contributed by atoms with Crippen molar-refractivity contribution in [1.29, 1.82) is 0 Å². The number of halogens is 3. The molecule has 10 heteroatoms. The van der Waals surface area contributed by atoms with E-state index in [4.69, 9.17) is 4.74 Å². The van der Waals surface area contributed by atoms with Crippen LogP contribution in [0.3, 0.4) is 0 Å². The van der Waals surface area contributed by atoms with E-state index >= 15 is 0 Å². The van der Waals surface area contributed by atoms with Gasteiger partial charge in [-0.25, -0.2) is 4.68 Å². The van der Waals surface area contributed by atoms with Crippen molar-refractivity contribution in [2.24, 2.45) is 0 Å². The zero-order valence-electron chi connectivity index (χ0n) is 11.5. The number of carbonyl (C=O) groups is 1. The topological polar surface area (TPSA) is 81.9 Å². The molecule has 0 saturated carbocycles. The van der Waals surface area contributed by atoms with Crippen molar-refractivity contribution in [3.63, 3.8) is 0 Å². The second kappa shape index (κ2) is 6.52. The standard InChI is InChI=1S/C12H12F3N5O2/c1-22-7-6-20-11(17-18-19-20)16-10(21)8-4-2-3-5-9(8)12(13,14)15/h2-5H,6-7H2,1H3,(H,16,17,19,21). The SMILES string of the molecule is COCCn1nnnc1NC(=O)c1ccccc1C(F)(F)F. The minimum absolute atomic E-state index is 0.0565. The first-order valence-corrected chi connectivity index (χ1v) is 6.16. The summed E-state index contributed by atoms with van der Waals surface area (Å²) in [6, 6.07) is 4.48. The number of ether oxygens (including phenoxy) is 1. The number of anilines is 1. The first-order valence-electron chi connectivity index (χ1n) is 6.16. The Morgan fingerprint density at radius 2 is 2.09 bits per heavy atom. The average molecular weight is 315 g/mol. The number of amides is 1. The van der Waals surface area contributed by atoms with Gasteiger partial charge in [-0.15, -0.1) is 0 Å². The first-order chi connectivity index (χ1) is 10.4. The van der Waals surface area contributed by atoms with Crippen LogP contribution in [-0.2, 0) is 17.5 Å². The number of carbonyl (C=O) groups excluding carboxylic acids is 1. The molecule has 0 radical (unpaired) electrons. The molecule has 2 rings (SSSR count). The fourth-order valence-electron chi connectivity index (χ4n) is 1.72. The molecule has 1 aromatic carbocycles. The summed E-state index contributed by atoms with van der Waals surface area (Å²) in [5.41, 5.74) is -1.53. The van der Waals surface area contributed by atoms with E-state index in [9.17, 15) is 18.0 Å². The van der Waals surface area contributed by atoms with Crippen LogP contribution in [-0.4, -0.2) is 39.8 Å². The van der Waals surface area contributed by atoms with Crippen molar-refractivity contribution >= 4 is 11.9 Å². The Bertz CT molecular complexity index is 656. The van der Waals surface area contributed by atoms with Crippen molar-refractivity contribution in [3.05, 3.63) is 35.4 Å². The molecular formula is C12H12F3N5O2. The van der Waals surface area contributed by atoms with Gasteiger partial charge in [-0.2, -0.15) is 13.2 Å². The quantitative estimate of drug-likeness (QED) is 0.906. The molecule has 0 saturated heterocycles. The van der Waals surface area contributed by atoms with Crippen LogP contribution in [0.1, 0.15) is 15.9 Å². The zero-order valence-corrected chi connectivity index (χ0v) is 11.5. The molecule has 0 unspecified atom stereocenters. The van der Waals surface area contributed by atoms with Crippen LogP contribution in [0.15, 0.2) is 24.3 Å². The average Bonchev–Trinajstić information content (AvgIpc) is 2.91. The van der Waals surface area contributed by atoms with Crippen LogP contribution >= 0.6 is 0 Å². The molecule has 1 aromatic heterocycles. The van der Waals surface area contributed by atoms with E-state index in [0.29, 0.717) is 0 Å². The smallest absolute Gasteiger partial charge is 0.383 e. The first kappa shape index (κ1) is 15.9. The minimum atomic E-state index is -4.63. The van der Waals surface area contributed by atoms with Gasteiger partial charge in [0.05, 0.1) is 24.3 Å². The minimum Gasteiger partial charge on any atom is -0.383 e. The zero-order chi connectivity index (χ0) is 16.2. The van der Waals surface area contributed by atoms with Crippen LogP contribution in [0.4, 0.5) is 19.1 Å². The number of benzene rings is 1. The number of rotatable bonds is 5. The van der Waals surface area contributed by atoms with Crippen LogP contribution in [0.5, 0.6) is 0 Å². The lowest BCUT2D eigenvalue weighted by atomic mass is 10.1. The highest BCUT2D eigenvalue weighted by atomic mass is 19.4. The fraction of sp³-hybridized carbons (Fsp3) is 0.333. The molecule has 0 atom stereocenters. The maximum Gasteiger partial charge on any atom is 0.417 e. The summed E-state index contributed by atoms with van der Waals surface area (Å²) in [7, 11) is 1.47. The van der Waals surface area contributed by atoms with E-state index in [0.717, 1.165) is 12.1 Å². The molecule has 1 amide bonds. The highest BCUT2D eigenvalue weighted by Gasteiger charge is 2.35. The summed E-state index contributed by atoms with van der Waals surface area (Å²) in [4.78, 5) is 12.1. The van der Waals surface area contributed by atoms with Crippen LogP contribution in [0.25, 0.3) is 0 Å². The molecule has 0 aliphatic heterocycles. The van der Waals surface area contributed by atoms with E-state index in [2.05, 4.69) is 20.8 Å². The number of nitrogens with zero attached hydrogens (tertiary/aromatic N) is 4. The molecule has 2 aromatic rings. The van der Waals surface area contributed by atoms with Gasteiger partial charge in [0.2, 0.25) is 5.95 Å². The van der Waals surface area contributed by atoms with E-state index in [1.807, 2.05) is 0 Å². The Labute approximate surface area is 123 Å². The van der Waals surface area contributed by atoms with Gasteiger partial charge >= 0.3 is 6.18 Å². The van der Waals surface area contributed by atoms with Crippen molar-refractivity contribution in [2.75, 3.05) is 19.0 Å². The summed E-state index contributed by atoms with van der Waals surface area (Å²) >= 11 is 0. The van der Waals surface area contributed by atoms with Gasteiger partial charge in [-0.1, -0.05) is 17.2 Å². The lowest BCUT2D eigenvalue weighted by molar-refractivity contribution is -0.137. The van der Waals surface area contributed by atoms with Gasteiger partial charge in [0.1, 0.15) is 0 Å². The van der Waals surface area contributed by atoms with Gasteiger partial charge in [-0.3, -0.25) is 10.1 Å². The lowest BCUT2D eigenvalue weighted by Gasteiger charge is -2.12. The van der Waals surface area contributed by atoms with Crippen LogP contribution < -0.4 is 5.32 Å². The van der Waals surface area contributed by atoms with E-state index in [1.165, 1.54) is 23.9 Å². The number of hydrogen-bond donors (Lipinski definition) is 1. The van der Waals surface area contributed by atoms with E-state index < -0.39 is 23.2 Å². The molecule has 0 spiro atoms. The second-order valence-electron chi connectivity index (χ2n) is 4.22. The van der Waals surface area contributed by atoms with Crippen LogP contribution in [0.2, 0.25) is 0 Å². The Kier molecular flexibility index (Phi) is 4.71. The molecule has 1 N–H and O–H groups in total. The van der Waals surface area contributed by atoms with Gasteiger partial charge in [0.15, 0.2) is 0 Å². The monoisotopic (exact) mass is 315 g/mol. The Morgan fingerprint density at radius 3 is 2.77 bits per heavy atom. The Balaban J connectivity index is 2.22. The molecule has 7 nitrogen and oxygen atoms in total. The number of alkyl halides is 3. The largest absolute Gasteiger partial charge is 0.417 e. The third kappa shape index (κ3) is 3.58. The number of methoxy groups -OCH3 is 1. The molecular weight excluding hydrogens is 303 g/mol. The predicted octanol–water partition coefficient (Wildman–Crippen LogP) is 1.59. The molecule has 1 heterocycles. The number of nitrogens with one attached hydrogen (secondary N) is 1. The summed E-state index contributed by atoms with van der Waals surface area (Å²) in [5, 5.41) is 12.8. The van der Waals surface area contributed by atoms with Crippen molar-refractivity contribution in [2.45, 2.75) is 12.7 Å². The third-order valence-corrected chi connectivity index (χ3v) is 2.74. The Morgan fingerprint density at radius 1 is 1.36 bits per heavy atom. The van der Waals surface area contributed by atoms with Crippen LogP contribution in [0, 0.1) is 0 Å². The second-order valence-corrected chi connectivity index (χ2v) is 4.22. The van der Waals surface area contributed by atoms with Crippen molar-refractivity contribution < 1.29 is 22.7 Å². The van der Waals surface area contributed by atoms with Gasteiger partial charge in [0, 0.05) is 7.11 Å². The molecule has 0 fully saturated rings. The fourth-order valence-corrected chi connectivity index (χ4v) is 1.72. The lowest BCUT2D eigenvalue weighted by Crippen LogP contribution is -2.21. The normalized spacial score (nSPS) is 11.5. The summed E-state index contributed by atoms with van der Waals surface area (Å²) < 4.78 is 44.7. The number of tetrazole rings is 1. The molecule has 118 valence electrons. The highest BCUT2D eigenvalue weighted by molar-refractivity contribution is 6.04. The molecule has 0 bridgehead atoms. The summed E-state index contributed by atoms with van der Waals surface area (Å²) in [6.07, 6.45) is -4.63. The number of hydrogen-bond acceptors (Lipinski definition) is 5. The Hall–Kier alpha value is -2.49. The predicted molar refractivity (Wildman–Crippen MR) is 69.1 cm³/mol. The van der Waals surface area contributed by atoms with E-state index in [1.54, 1.807) is 0 Å². The maximum absolute atomic E-state index is 12.9. The van der Waals surface area contributed by atoms with Gasteiger partial charge in [0.25, 0.3) is 5.91 Å².